The maximum absolute atomic E-state index is 11.7. The molecule has 0 bridgehead atoms. The molecule has 4 rings (SSSR count). The van der Waals surface area contributed by atoms with Gasteiger partial charge in [0.25, 0.3) is 0 Å². The molecular formula is C24H29N7O. The van der Waals surface area contributed by atoms with Crippen molar-refractivity contribution in [1.29, 1.82) is 0 Å². The van der Waals surface area contributed by atoms with E-state index in [1.807, 2.05) is 24.4 Å². The third-order valence-electron chi connectivity index (χ3n) is 5.70. The number of carbonyl (C=O) groups is 1. The van der Waals surface area contributed by atoms with Gasteiger partial charge in [-0.25, -0.2) is 9.97 Å². The molecular weight excluding hydrogens is 402 g/mol. The Morgan fingerprint density at radius 3 is 2.47 bits per heavy atom. The van der Waals surface area contributed by atoms with Gasteiger partial charge >= 0.3 is 0 Å². The van der Waals surface area contributed by atoms with E-state index in [9.17, 15) is 4.79 Å². The van der Waals surface area contributed by atoms with Crippen LogP contribution in [0.5, 0.6) is 0 Å². The Balaban J connectivity index is 1.34. The van der Waals surface area contributed by atoms with Crippen LogP contribution >= 0.6 is 0 Å². The first-order valence-electron chi connectivity index (χ1n) is 10.8. The summed E-state index contributed by atoms with van der Waals surface area (Å²) in [5.41, 5.74) is 9.73. The van der Waals surface area contributed by atoms with Crippen molar-refractivity contribution in [2.75, 3.05) is 44.7 Å². The molecule has 2 aromatic heterocycles. The summed E-state index contributed by atoms with van der Waals surface area (Å²) in [5.74, 6) is 0.731. The van der Waals surface area contributed by atoms with E-state index in [-0.39, 0.29) is 12.5 Å². The van der Waals surface area contributed by atoms with Crippen molar-refractivity contribution in [3.8, 4) is 11.1 Å². The number of aromatic nitrogens is 3. The largest absolute Gasteiger partial charge is 0.340 e. The Morgan fingerprint density at radius 1 is 1.00 bits per heavy atom. The fourth-order valence-electron chi connectivity index (χ4n) is 3.85. The topological polar surface area (TPSA) is 91.5 Å². The Hall–Kier alpha value is -3.36. The highest BCUT2D eigenvalue weighted by Gasteiger charge is 2.19. The molecule has 1 aliphatic heterocycles. The van der Waals surface area contributed by atoms with Crippen LogP contribution in [0.1, 0.15) is 11.3 Å². The average Bonchev–Trinajstić information content (AvgIpc) is 2.85. The van der Waals surface area contributed by atoms with Gasteiger partial charge in [0.1, 0.15) is 0 Å². The van der Waals surface area contributed by atoms with Crippen molar-refractivity contribution in [2.45, 2.75) is 13.1 Å². The van der Waals surface area contributed by atoms with Crippen molar-refractivity contribution in [3.63, 3.8) is 0 Å². The summed E-state index contributed by atoms with van der Waals surface area (Å²) in [7, 11) is 1.77. The van der Waals surface area contributed by atoms with Crippen LogP contribution in [0.15, 0.2) is 61.1 Å². The van der Waals surface area contributed by atoms with Crippen molar-refractivity contribution < 1.29 is 4.79 Å². The summed E-state index contributed by atoms with van der Waals surface area (Å²) in [5, 5.41) is 0. The Morgan fingerprint density at radius 2 is 1.78 bits per heavy atom. The van der Waals surface area contributed by atoms with Crippen LogP contribution in [-0.2, 0) is 17.9 Å². The molecule has 3 heterocycles. The number of carbonyl (C=O) groups excluding carboxylic acids is 1. The summed E-state index contributed by atoms with van der Waals surface area (Å²) in [6.07, 6.45) is 5.50. The van der Waals surface area contributed by atoms with Gasteiger partial charge in [0.2, 0.25) is 11.9 Å². The second-order valence-electron chi connectivity index (χ2n) is 8.00. The molecule has 0 unspecified atom stereocenters. The van der Waals surface area contributed by atoms with Gasteiger partial charge in [0.05, 0.1) is 12.2 Å². The van der Waals surface area contributed by atoms with Crippen LogP contribution in [0.3, 0.4) is 0 Å². The fourth-order valence-corrected chi connectivity index (χ4v) is 3.85. The standard InChI is InChI=1S/C24H29N7O/c1-29(23(32)15-25)17-19-4-2-5-20(14-19)21-6-7-22(28-16-21)18-30-10-12-31(13-11-30)24-26-8-3-9-27-24/h2-9,14,16H,10-13,15,17-18,25H2,1H3. The van der Waals surface area contributed by atoms with Crippen molar-refractivity contribution >= 4 is 11.9 Å². The smallest absolute Gasteiger partial charge is 0.236 e. The molecule has 0 radical (unpaired) electrons. The Labute approximate surface area is 188 Å². The zero-order chi connectivity index (χ0) is 22.3. The summed E-state index contributed by atoms with van der Waals surface area (Å²) in [6, 6.07) is 14.2. The monoisotopic (exact) mass is 431 g/mol. The number of benzene rings is 1. The van der Waals surface area contributed by atoms with E-state index >= 15 is 0 Å². The quantitative estimate of drug-likeness (QED) is 0.610. The Kier molecular flexibility index (Phi) is 7.03. The zero-order valence-electron chi connectivity index (χ0n) is 18.4. The molecule has 8 heteroatoms. The van der Waals surface area contributed by atoms with E-state index in [2.05, 4.69) is 44.0 Å². The lowest BCUT2D eigenvalue weighted by molar-refractivity contribution is -0.128. The minimum absolute atomic E-state index is 0.0245. The van der Waals surface area contributed by atoms with E-state index in [0.717, 1.165) is 61.1 Å². The number of amides is 1. The molecule has 1 aliphatic rings. The summed E-state index contributed by atoms with van der Waals surface area (Å²) in [6.45, 7) is 5.13. The summed E-state index contributed by atoms with van der Waals surface area (Å²) >= 11 is 0. The Bertz CT molecular complexity index is 1020. The number of nitrogens with two attached hydrogens (primary N) is 1. The van der Waals surface area contributed by atoms with Gasteiger partial charge in [0.15, 0.2) is 0 Å². The van der Waals surface area contributed by atoms with Gasteiger partial charge in [-0.3, -0.25) is 14.7 Å². The molecule has 32 heavy (non-hydrogen) atoms. The van der Waals surface area contributed by atoms with Crippen LogP contribution in [0.2, 0.25) is 0 Å². The maximum Gasteiger partial charge on any atom is 0.236 e. The van der Waals surface area contributed by atoms with Gasteiger partial charge in [-0.1, -0.05) is 24.3 Å². The highest BCUT2D eigenvalue weighted by Crippen LogP contribution is 2.21. The number of likely N-dealkylation sites (N-methyl/N-ethyl adjacent to an activating group) is 1. The lowest BCUT2D eigenvalue weighted by Gasteiger charge is -2.34. The lowest BCUT2D eigenvalue weighted by atomic mass is 10.0. The van der Waals surface area contributed by atoms with Crippen LogP contribution < -0.4 is 10.6 Å². The first-order chi connectivity index (χ1) is 15.6. The molecule has 0 spiro atoms. The summed E-state index contributed by atoms with van der Waals surface area (Å²) < 4.78 is 0. The molecule has 166 valence electrons. The minimum atomic E-state index is -0.0708. The molecule has 3 aromatic rings. The van der Waals surface area contributed by atoms with Crippen LogP contribution in [0.4, 0.5) is 5.95 Å². The van der Waals surface area contributed by atoms with Crippen molar-refractivity contribution in [1.82, 2.24) is 24.8 Å². The normalized spacial score (nSPS) is 14.4. The second-order valence-corrected chi connectivity index (χ2v) is 8.00. The molecule has 0 aliphatic carbocycles. The molecule has 1 fully saturated rings. The van der Waals surface area contributed by atoms with Gasteiger partial charge in [-0.05, 0) is 29.3 Å². The van der Waals surface area contributed by atoms with E-state index in [4.69, 9.17) is 10.7 Å². The molecule has 2 N–H and O–H groups in total. The molecule has 0 saturated carbocycles. The number of pyridine rings is 1. The van der Waals surface area contributed by atoms with Gasteiger partial charge < -0.3 is 15.5 Å². The predicted molar refractivity (Wildman–Crippen MR) is 125 cm³/mol. The van der Waals surface area contributed by atoms with E-state index in [1.165, 1.54) is 0 Å². The summed E-state index contributed by atoms with van der Waals surface area (Å²) in [4.78, 5) is 31.4. The molecule has 1 aromatic carbocycles. The molecule has 8 nitrogen and oxygen atoms in total. The maximum atomic E-state index is 11.7. The van der Waals surface area contributed by atoms with Crippen LogP contribution in [-0.4, -0.2) is 70.4 Å². The van der Waals surface area contributed by atoms with Gasteiger partial charge in [-0.15, -0.1) is 0 Å². The van der Waals surface area contributed by atoms with E-state index in [0.29, 0.717) is 6.54 Å². The van der Waals surface area contributed by atoms with Crippen molar-refractivity contribution in [3.05, 3.63) is 72.3 Å². The third-order valence-corrected chi connectivity index (χ3v) is 5.70. The number of hydrogen-bond acceptors (Lipinski definition) is 7. The SMILES string of the molecule is CN(Cc1cccc(-c2ccc(CN3CCN(c4ncccn4)CC3)nc2)c1)C(=O)CN. The van der Waals surface area contributed by atoms with Gasteiger partial charge in [0, 0.05) is 70.5 Å². The first kappa shape index (κ1) is 21.9. The first-order valence-corrected chi connectivity index (χ1v) is 10.8. The van der Waals surface area contributed by atoms with Crippen LogP contribution in [0.25, 0.3) is 11.1 Å². The minimum Gasteiger partial charge on any atom is -0.340 e. The van der Waals surface area contributed by atoms with Crippen molar-refractivity contribution in [2.24, 2.45) is 5.73 Å². The predicted octanol–water partition coefficient (Wildman–Crippen LogP) is 1.78. The van der Waals surface area contributed by atoms with Gasteiger partial charge in [-0.2, -0.15) is 0 Å². The highest BCUT2D eigenvalue weighted by molar-refractivity contribution is 5.77. The average molecular weight is 432 g/mol. The fraction of sp³-hybridized carbons (Fsp3) is 0.333. The number of nitrogens with zero attached hydrogens (tertiary/aromatic N) is 6. The van der Waals surface area contributed by atoms with Crippen LogP contribution in [0, 0.1) is 0 Å². The third kappa shape index (κ3) is 5.46. The number of rotatable bonds is 7. The highest BCUT2D eigenvalue weighted by atomic mass is 16.2. The number of piperazine rings is 1. The van der Waals surface area contributed by atoms with E-state index in [1.54, 1.807) is 24.3 Å². The second kappa shape index (κ2) is 10.3. The molecule has 1 amide bonds. The molecule has 0 atom stereocenters. The zero-order valence-corrected chi connectivity index (χ0v) is 18.4. The molecule has 1 saturated heterocycles. The number of hydrogen-bond donors (Lipinski definition) is 1. The number of anilines is 1. The van der Waals surface area contributed by atoms with E-state index < -0.39 is 0 Å². The lowest BCUT2D eigenvalue weighted by Crippen LogP contribution is -2.46.